The Morgan fingerprint density at radius 3 is 2.76 bits per heavy atom. The molecular weight excluding hydrogens is 440 g/mol. The Kier molecular flexibility index (Phi) is 6.29. The standard InChI is InChI=1S/C21H19BrN2O5/c1-3-26-21(25)18-12(2)28-20(24)14(10-23)19(18)17-9-8-13(29-17)11-27-16-7-5-4-6-15(16)22/h4-9,19H,3,11,24H2,1-2H3. The van der Waals surface area contributed by atoms with Crippen LogP contribution >= 0.6 is 15.9 Å². The second kappa shape index (κ2) is 8.88. The largest absolute Gasteiger partial charge is 0.484 e. The number of carbonyl (C=O) groups excluding carboxylic acids is 1. The lowest BCUT2D eigenvalue weighted by atomic mass is 9.87. The fraction of sp³-hybridized carbons (Fsp3) is 0.238. The van der Waals surface area contributed by atoms with E-state index in [9.17, 15) is 10.1 Å². The number of rotatable bonds is 6. The second-order valence-electron chi connectivity index (χ2n) is 6.14. The molecule has 2 N–H and O–H groups in total. The smallest absolute Gasteiger partial charge is 0.338 e. The Hall–Kier alpha value is -3.18. The lowest BCUT2D eigenvalue weighted by molar-refractivity contribution is -0.139. The summed E-state index contributed by atoms with van der Waals surface area (Å²) in [6, 6.07) is 12.9. The van der Waals surface area contributed by atoms with Gasteiger partial charge in [0, 0.05) is 0 Å². The minimum atomic E-state index is -0.815. The third-order valence-electron chi connectivity index (χ3n) is 4.27. The number of halogens is 1. The fourth-order valence-electron chi connectivity index (χ4n) is 2.98. The molecule has 0 spiro atoms. The van der Waals surface area contributed by atoms with Crippen LogP contribution in [-0.4, -0.2) is 12.6 Å². The van der Waals surface area contributed by atoms with Gasteiger partial charge in [-0.25, -0.2) is 4.79 Å². The number of hydrogen-bond donors (Lipinski definition) is 1. The van der Waals surface area contributed by atoms with Crippen LogP contribution in [0.4, 0.5) is 0 Å². The molecular formula is C21H19BrN2O5. The number of nitriles is 1. The lowest BCUT2D eigenvalue weighted by Gasteiger charge is -2.25. The summed E-state index contributed by atoms with van der Waals surface area (Å²) >= 11 is 3.42. The van der Waals surface area contributed by atoms with Gasteiger partial charge in [0.05, 0.1) is 22.6 Å². The second-order valence-corrected chi connectivity index (χ2v) is 6.99. The zero-order chi connectivity index (χ0) is 21.0. The van der Waals surface area contributed by atoms with Crippen LogP contribution < -0.4 is 10.5 Å². The van der Waals surface area contributed by atoms with Gasteiger partial charge in [-0.3, -0.25) is 0 Å². The number of allylic oxidation sites excluding steroid dienone is 2. The first-order chi connectivity index (χ1) is 14.0. The average Bonchev–Trinajstić information content (AvgIpc) is 3.15. The summed E-state index contributed by atoms with van der Waals surface area (Å²) in [5.41, 5.74) is 6.15. The molecule has 3 rings (SSSR count). The molecule has 1 atom stereocenters. The molecule has 0 aliphatic carbocycles. The maximum atomic E-state index is 12.5. The predicted molar refractivity (Wildman–Crippen MR) is 107 cm³/mol. The van der Waals surface area contributed by atoms with Gasteiger partial charge in [0.15, 0.2) is 0 Å². The van der Waals surface area contributed by atoms with Crippen molar-refractivity contribution in [3.05, 3.63) is 75.2 Å². The van der Waals surface area contributed by atoms with Crippen LogP contribution in [0.2, 0.25) is 0 Å². The summed E-state index contributed by atoms with van der Waals surface area (Å²) < 4.78 is 23.0. The van der Waals surface area contributed by atoms with Crippen LogP contribution in [0.3, 0.4) is 0 Å². The molecule has 1 unspecified atom stereocenters. The van der Waals surface area contributed by atoms with Crippen LogP contribution in [0.5, 0.6) is 5.75 Å². The molecule has 0 saturated carbocycles. The number of nitrogens with two attached hydrogens (primary N) is 1. The Morgan fingerprint density at radius 1 is 1.31 bits per heavy atom. The minimum Gasteiger partial charge on any atom is -0.484 e. The molecule has 1 aliphatic rings. The molecule has 0 amide bonds. The number of benzene rings is 1. The highest BCUT2D eigenvalue weighted by Gasteiger charge is 2.38. The van der Waals surface area contributed by atoms with Crippen molar-refractivity contribution in [1.82, 2.24) is 0 Å². The van der Waals surface area contributed by atoms with Crippen molar-refractivity contribution < 1.29 is 23.4 Å². The molecule has 29 heavy (non-hydrogen) atoms. The highest BCUT2D eigenvalue weighted by Crippen LogP contribution is 2.40. The Labute approximate surface area is 176 Å². The molecule has 0 saturated heterocycles. The highest BCUT2D eigenvalue weighted by atomic mass is 79.9. The van der Waals surface area contributed by atoms with Crippen molar-refractivity contribution in [2.24, 2.45) is 5.73 Å². The number of ether oxygens (including phenoxy) is 3. The average molecular weight is 459 g/mol. The molecule has 2 heterocycles. The van der Waals surface area contributed by atoms with E-state index in [2.05, 4.69) is 15.9 Å². The molecule has 1 aliphatic heterocycles. The van der Waals surface area contributed by atoms with Gasteiger partial charge in [-0.05, 0) is 54.0 Å². The first-order valence-corrected chi connectivity index (χ1v) is 9.67. The van der Waals surface area contributed by atoms with E-state index < -0.39 is 11.9 Å². The quantitative estimate of drug-likeness (QED) is 0.643. The Balaban J connectivity index is 1.90. The first kappa shape index (κ1) is 20.6. The van der Waals surface area contributed by atoms with Gasteiger partial charge >= 0.3 is 5.97 Å². The summed E-state index contributed by atoms with van der Waals surface area (Å²) in [4.78, 5) is 12.5. The number of carbonyl (C=O) groups is 1. The molecule has 1 aromatic heterocycles. The van der Waals surface area contributed by atoms with Gasteiger partial charge in [-0.15, -0.1) is 0 Å². The van der Waals surface area contributed by atoms with Crippen molar-refractivity contribution >= 4 is 21.9 Å². The third kappa shape index (κ3) is 4.30. The van der Waals surface area contributed by atoms with Gasteiger partial charge in [0.1, 0.15) is 41.3 Å². The maximum Gasteiger partial charge on any atom is 0.338 e. The van der Waals surface area contributed by atoms with E-state index >= 15 is 0 Å². The Morgan fingerprint density at radius 2 is 2.07 bits per heavy atom. The van der Waals surface area contributed by atoms with Gasteiger partial charge in [-0.1, -0.05) is 12.1 Å². The molecule has 2 aromatic rings. The van der Waals surface area contributed by atoms with Gasteiger partial charge in [-0.2, -0.15) is 5.26 Å². The van der Waals surface area contributed by atoms with Crippen molar-refractivity contribution in [3.8, 4) is 11.8 Å². The van der Waals surface area contributed by atoms with E-state index in [0.29, 0.717) is 17.3 Å². The van der Waals surface area contributed by atoms with E-state index in [1.807, 2.05) is 30.3 Å². The highest BCUT2D eigenvalue weighted by molar-refractivity contribution is 9.10. The summed E-state index contributed by atoms with van der Waals surface area (Å²) in [5, 5.41) is 9.58. The molecule has 1 aromatic carbocycles. The predicted octanol–water partition coefficient (Wildman–Crippen LogP) is 4.27. The van der Waals surface area contributed by atoms with Crippen LogP contribution in [0.15, 0.2) is 68.1 Å². The van der Waals surface area contributed by atoms with E-state index in [1.165, 1.54) is 0 Å². The SMILES string of the molecule is CCOC(=O)C1=C(C)OC(N)=C(C#N)C1c1ccc(COc2ccccc2Br)o1. The summed E-state index contributed by atoms with van der Waals surface area (Å²) in [5.74, 6) is 0.377. The van der Waals surface area contributed by atoms with Gasteiger partial charge < -0.3 is 24.4 Å². The van der Waals surface area contributed by atoms with E-state index in [4.69, 9.17) is 24.4 Å². The number of esters is 1. The molecule has 150 valence electrons. The van der Waals surface area contributed by atoms with Crippen LogP contribution in [0, 0.1) is 11.3 Å². The van der Waals surface area contributed by atoms with E-state index in [-0.39, 0.29) is 36.0 Å². The third-order valence-corrected chi connectivity index (χ3v) is 4.93. The zero-order valence-electron chi connectivity index (χ0n) is 15.9. The van der Waals surface area contributed by atoms with Crippen molar-refractivity contribution in [2.45, 2.75) is 26.4 Å². The van der Waals surface area contributed by atoms with Gasteiger partial charge in [0.25, 0.3) is 0 Å². The first-order valence-electron chi connectivity index (χ1n) is 8.87. The maximum absolute atomic E-state index is 12.5. The summed E-state index contributed by atoms with van der Waals surface area (Å²) in [6.07, 6.45) is 0. The summed E-state index contributed by atoms with van der Waals surface area (Å²) in [6.45, 7) is 3.66. The molecule has 0 fully saturated rings. The number of para-hydroxylation sites is 1. The molecule has 8 heteroatoms. The number of nitrogens with zero attached hydrogens (tertiary/aromatic N) is 1. The van der Waals surface area contributed by atoms with Crippen molar-refractivity contribution in [2.75, 3.05) is 6.61 Å². The summed E-state index contributed by atoms with van der Waals surface area (Å²) in [7, 11) is 0. The molecule has 0 radical (unpaired) electrons. The minimum absolute atomic E-state index is 0.0644. The monoisotopic (exact) mass is 458 g/mol. The zero-order valence-corrected chi connectivity index (χ0v) is 17.5. The molecule has 0 bridgehead atoms. The normalized spacial score (nSPS) is 16.3. The Bertz CT molecular complexity index is 1030. The van der Waals surface area contributed by atoms with Crippen LogP contribution in [0.1, 0.15) is 31.3 Å². The number of hydrogen-bond acceptors (Lipinski definition) is 7. The van der Waals surface area contributed by atoms with Gasteiger partial charge in [0.2, 0.25) is 5.88 Å². The molecule has 7 nitrogen and oxygen atoms in total. The van der Waals surface area contributed by atoms with E-state index in [1.54, 1.807) is 26.0 Å². The van der Waals surface area contributed by atoms with Crippen molar-refractivity contribution in [1.29, 1.82) is 5.26 Å². The fourth-order valence-corrected chi connectivity index (χ4v) is 3.38. The van der Waals surface area contributed by atoms with Crippen molar-refractivity contribution in [3.63, 3.8) is 0 Å². The van der Waals surface area contributed by atoms with E-state index in [0.717, 1.165) is 4.47 Å². The topological polar surface area (TPSA) is 108 Å². The lowest BCUT2D eigenvalue weighted by Crippen LogP contribution is -2.25. The van der Waals surface area contributed by atoms with Crippen LogP contribution in [0.25, 0.3) is 0 Å². The van der Waals surface area contributed by atoms with Crippen LogP contribution in [-0.2, 0) is 20.9 Å². The number of furan rings is 1.